The minimum atomic E-state index is -0.303. The summed E-state index contributed by atoms with van der Waals surface area (Å²) in [7, 11) is 3.56. The van der Waals surface area contributed by atoms with Crippen LogP contribution >= 0.6 is 0 Å². The molecule has 3 fully saturated rings. The molecule has 3 rings (SSSR count). The first-order valence-corrected chi connectivity index (χ1v) is 9.07. The van der Waals surface area contributed by atoms with Crippen LogP contribution in [0.3, 0.4) is 0 Å². The molecule has 0 amide bonds. The number of hydrogen-bond donors (Lipinski definition) is 2. The van der Waals surface area contributed by atoms with Crippen molar-refractivity contribution in [3.05, 3.63) is 0 Å². The average Bonchev–Trinajstić information content (AvgIpc) is 2.56. The highest BCUT2D eigenvalue weighted by molar-refractivity contribution is 5.04. The molecule has 3 saturated carbocycles. The predicted octanol–water partition coefficient (Wildman–Crippen LogP) is 2.36. The van der Waals surface area contributed by atoms with E-state index in [9.17, 15) is 10.2 Å². The van der Waals surface area contributed by atoms with Gasteiger partial charge >= 0.3 is 0 Å². The van der Waals surface area contributed by atoms with Crippen LogP contribution < -0.4 is 0 Å². The summed E-state index contributed by atoms with van der Waals surface area (Å²) >= 11 is 0. The lowest BCUT2D eigenvalue weighted by Crippen LogP contribution is -2.61. The van der Waals surface area contributed by atoms with E-state index in [1.165, 1.54) is 0 Å². The Kier molecular flexibility index (Phi) is 5.43. The molecule has 2 N–H and O–H groups in total. The Bertz CT molecular complexity index is 303. The van der Waals surface area contributed by atoms with Crippen LogP contribution in [0.15, 0.2) is 0 Å². The van der Waals surface area contributed by atoms with E-state index in [-0.39, 0.29) is 24.0 Å². The van der Waals surface area contributed by atoms with Gasteiger partial charge in [-0.15, -0.1) is 0 Å². The number of ether oxygens (including phenoxy) is 2. The van der Waals surface area contributed by atoms with Gasteiger partial charge in [-0.1, -0.05) is 0 Å². The van der Waals surface area contributed by atoms with Crippen LogP contribution in [-0.2, 0) is 9.47 Å². The van der Waals surface area contributed by atoms with Crippen LogP contribution in [0.2, 0.25) is 0 Å². The molecule has 0 atom stereocenters. The van der Waals surface area contributed by atoms with Gasteiger partial charge in [0.25, 0.3) is 0 Å². The summed E-state index contributed by atoms with van der Waals surface area (Å²) in [6.07, 6.45) is 8.77. The Morgan fingerprint density at radius 1 is 0.591 bits per heavy atom. The smallest absolute Gasteiger partial charge is 0.0651 e. The first-order valence-electron chi connectivity index (χ1n) is 9.07. The molecule has 4 nitrogen and oxygen atoms in total. The largest absolute Gasteiger partial charge is 0.392 e. The van der Waals surface area contributed by atoms with E-state index in [0.29, 0.717) is 24.0 Å². The maximum Gasteiger partial charge on any atom is 0.0651 e. The Labute approximate surface area is 134 Å². The molecule has 0 radical (unpaired) electrons. The Morgan fingerprint density at radius 3 is 1.18 bits per heavy atom. The summed E-state index contributed by atoms with van der Waals surface area (Å²) in [5.41, 5.74) is 0. The van der Waals surface area contributed by atoms with E-state index in [1.807, 2.05) is 0 Å². The van der Waals surface area contributed by atoms with Crippen LogP contribution in [0.4, 0.5) is 0 Å². The first-order chi connectivity index (χ1) is 10.7. The monoisotopic (exact) mass is 312 g/mol. The molecule has 4 heteroatoms. The Morgan fingerprint density at radius 2 is 0.909 bits per heavy atom. The maximum atomic E-state index is 10.7. The van der Waals surface area contributed by atoms with Crippen molar-refractivity contribution < 1.29 is 19.7 Å². The minimum absolute atomic E-state index is 0.1000. The number of aliphatic hydroxyl groups is 2. The Hall–Kier alpha value is -0.160. The number of hydrogen-bond acceptors (Lipinski definition) is 4. The van der Waals surface area contributed by atoms with Crippen LogP contribution in [0.1, 0.15) is 51.4 Å². The van der Waals surface area contributed by atoms with Gasteiger partial charge in [0.15, 0.2) is 0 Å². The topological polar surface area (TPSA) is 58.9 Å². The molecule has 0 bridgehead atoms. The molecule has 3 aliphatic carbocycles. The number of aliphatic hydroxyl groups excluding tert-OH is 2. The van der Waals surface area contributed by atoms with E-state index < -0.39 is 0 Å². The van der Waals surface area contributed by atoms with Crippen molar-refractivity contribution in [2.24, 2.45) is 23.7 Å². The third-order valence-corrected chi connectivity index (χ3v) is 6.77. The highest BCUT2D eigenvalue weighted by Crippen LogP contribution is 2.50. The molecular weight excluding hydrogens is 280 g/mol. The lowest BCUT2D eigenvalue weighted by molar-refractivity contribution is -0.201. The van der Waals surface area contributed by atoms with Gasteiger partial charge in [0.2, 0.25) is 0 Å². The van der Waals surface area contributed by atoms with Gasteiger partial charge in [-0.3, -0.25) is 0 Å². The molecule has 22 heavy (non-hydrogen) atoms. The highest BCUT2D eigenvalue weighted by atomic mass is 16.5. The van der Waals surface area contributed by atoms with E-state index in [1.54, 1.807) is 14.2 Å². The van der Waals surface area contributed by atoms with Crippen molar-refractivity contribution in [2.75, 3.05) is 14.2 Å². The van der Waals surface area contributed by atoms with Gasteiger partial charge in [0.1, 0.15) is 0 Å². The van der Waals surface area contributed by atoms with E-state index in [4.69, 9.17) is 9.47 Å². The van der Waals surface area contributed by atoms with Crippen molar-refractivity contribution in [1.29, 1.82) is 0 Å². The molecule has 0 spiro atoms. The van der Waals surface area contributed by atoms with Crippen molar-refractivity contribution in [1.82, 2.24) is 0 Å². The van der Waals surface area contributed by atoms with Gasteiger partial charge < -0.3 is 19.7 Å². The molecule has 0 saturated heterocycles. The van der Waals surface area contributed by atoms with Crippen molar-refractivity contribution in [2.45, 2.75) is 75.8 Å². The quantitative estimate of drug-likeness (QED) is 0.837. The van der Waals surface area contributed by atoms with Gasteiger partial charge in [0, 0.05) is 26.1 Å². The lowest BCUT2D eigenvalue weighted by Gasteiger charge is -2.55. The first kappa shape index (κ1) is 16.7. The van der Waals surface area contributed by atoms with Crippen LogP contribution in [0, 0.1) is 23.7 Å². The van der Waals surface area contributed by atoms with E-state index in [2.05, 4.69) is 0 Å². The molecule has 0 aliphatic heterocycles. The van der Waals surface area contributed by atoms with Gasteiger partial charge in [-0.25, -0.2) is 0 Å². The average molecular weight is 312 g/mol. The molecule has 0 heterocycles. The van der Waals surface area contributed by atoms with Crippen LogP contribution in [0.5, 0.6) is 0 Å². The minimum Gasteiger partial charge on any atom is -0.392 e. The summed E-state index contributed by atoms with van der Waals surface area (Å²) in [6.45, 7) is 0. The second-order valence-electron chi connectivity index (χ2n) is 7.68. The van der Waals surface area contributed by atoms with Gasteiger partial charge in [-0.05, 0) is 63.2 Å². The summed E-state index contributed by atoms with van der Waals surface area (Å²) in [6, 6.07) is 0. The molecule has 128 valence electrons. The SMILES string of the molecule is COC1CCC(C2C(O)C(C3CCC(OC)CC3)C2O)CC1. The molecule has 3 aliphatic rings. The molecule has 0 unspecified atom stereocenters. The second kappa shape index (κ2) is 7.16. The van der Waals surface area contributed by atoms with Crippen molar-refractivity contribution in [3.8, 4) is 0 Å². The van der Waals surface area contributed by atoms with Crippen LogP contribution in [-0.4, -0.2) is 48.8 Å². The maximum absolute atomic E-state index is 10.7. The standard InChI is InChI=1S/C18H32O4/c1-21-13-7-3-11(4-8-13)15-17(19)16(18(15)20)12-5-9-14(22-2)10-6-12/h11-20H,3-10H2,1-2H3. The molecule has 0 aromatic carbocycles. The lowest BCUT2D eigenvalue weighted by atomic mass is 9.55. The second-order valence-corrected chi connectivity index (χ2v) is 7.68. The summed E-state index contributed by atoms with van der Waals surface area (Å²) in [4.78, 5) is 0. The van der Waals surface area contributed by atoms with Gasteiger partial charge in [-0.2, -0.15) is 0 Å². The fraction of sp³-hybridized carbons (Fsp3) is 1.00. The fourth-order valence-corrected chi connectivity index (χ4v) is 5.31. The van der Waals surface area contributed by atoms with Gasteiger partial charge in [0.05, 0.1) is 24.4 Å². The zero-order chi connectivity index (χ0) is 15.7. The van der Waals surface area contributed by atoms with Crippen molar-refractivity contribution in [3.63, 3.8) is 0 Å². The number of methoxy groups -OCH3 is 2. The molecule has 0 aromatic rings. The van der Waals surface area contributed by atoms with E-state index >= 15 is 0 Å². The zero-order valence-electron chi connectivity index (χ0n) is 14.0. The Balaban J connectivity index is 1.51. The molecule has 0 aromatic heterocycles. The normalized spacial score (nSPS) is 49.6. The fourth-order valence-electron chi connectivity index (χ4n) is 5.31. The summed E-state index contributed by atoms with van der Waals surface area (Å²) in [5.74, 6) is 1.15. The number of rotatable bonds is 4. The predicted molar refractivity (Wildman–Crippen MR) is 84.5 cm³/mol. The zero-order valence-corrected chi connectivity index (χ0v) is 14.0. The third-order valence-electron chi connectivity index (χ3n) is 6.77. The van der Waals surface area contributed by atoms with E-state index in [0.717, 1.165) is 51.4 Å². The summed E-state index contributed by atoms with van der Waals surface area (Å²) < 4.78 is 10.8. The summed E-state index contributed by atoms with van der Waals surface area (Å²) in [5, 5.41) is 21.3. The molecular formula is C18H32O4. The highest BCUT2D eigenvalue weighted by Gasteiger charge is 2.55. The third kappa shape index (κ3) is 3.08. The van der Waals surface area contributed by atoms with Crippen LogP contribution in [0.25, 0.3) is 0 Å². The van der Waals surface area contributed by atoms with Crippen molar-refractivity contribution >= 4 is 0 Å².